The van der Waals surface area contributed by atoms with E-state index in [0.29, 0.717) is 6.42 Å². The molecule has 0 aliphatic heterocycles. The first-order chi connectivity index (χ1) is 16.5. The third-order valence-corrected chi connectivity index (χ3v) is 6.91. The number of hydrogen-bond acceptors (Lipinski definition) is 11. The molecule has 12 nitrogen and oxygen atoms in total. The maximum absolute atomic E-state index is 12.1. The normalized spacial score (nSPS) is 29.5. The van der Waals surface area contributed by atoms with E-state index in [4.69, 9.17) is 4.74 Å². The van der Waals surface area contributed by atoms with Crippen LogP contribution in [-0.2, 0) is 23.1 Å². The van der Waals surface area contributed by atoms with Gasteiger partial charge in [-0.2, -0.15) is 0 Å². The van der Waals surface area contributed by atoms with Gasteiger partial charge in [-0.15, -0.1) is 0 Å². The minimum Gasteiger partial charge on any atom is -0.463 e. The lowest BCUT2D eigenvalue weighted by atomic mass is 9.85. The van der Waals surface area contributed by atoms with Gasteiger partial charge in [0.05, 0.1) is 6.61 Å². The summed E-state index contributed by atoms with van der Waals surface area (Å²) in [7, 11) is -4.97. The Morgan fingerprint density at radius 3 is 1.74 bits per heavy atom. The number of rotatable bonds is 18. The first-order valence-electron chi connectivity index (χ1n) is 12.4. The van der Waals surface area contributed by atoms with Crippen LogP contribution in [0, 0.1) is 0 Å². The molecule has 1 fully saturated rings. The molecule has 0 heterocycles. The summed E-state index contributed by atoms with van der Waals surface area (Å²) in [5.41, 5.74) is 0. The standard InChI is InChI=1S/C22H43O12P/c1-2-3-4-5-6-7-8-9-10-11-12-16(24)32-13-15(23)14-33-35(30,31)34-22-20(28)18(26)17(25)19(27)21(22)29/h15,17-23,25-29H,2-14H2,1H3,(H,30,31). The number of aliphatic hydroxyl groups is 6. The van der Waals surface area contributed by atoms with E-state index < -0.39 is 69.7 Å². The maximum atomic E-state index is 12.1. The summed E-state index contributed by atoms with van der Waals surface area (Å²) in [4.78, 5) is 21.6. The molecule has 0 saturated heterocycles. The molecule has 35 heavy (non-hydrogen) atoms. The van der Waals surface area contributed by atoms with E-state index in [0.717, 1.165) is 19.3 Å². The molecule has 0 amide bonds. The van der Waals surface area contributed by atoms with E-state index in [1.807, 2.05) is 0 Å². The van der Waals surface area contributed by atoms with Gasteiger partial charge in [0, 0.05) is 6.42 Å². The van der Waals surface area contributed by atoms with Crippen LogP contribution in [-0.4, -0.2) is 97.4 Å². The Hall–Kier alpha value is -0.660. The summed E-state index contributed by atoms with van der Waals surface area (Å²) in [5, 5.41) is 58.3. The highest BCUT2D eigenvalue weighted by molar-refractivity contribution is 7.47. The quantitative estimate of drug-likeness (QED) is 0.0736. The van der Waals surface area contributed by atoms with Crippen molar-refractivity contribution in [3.05, 3.63) is 0 Å². The van der Waals surface area contributed by atoms with Crippen LogP contribution in [0.1, 0.15) is 77.6 Å². The Morgan fingerprint density at radius 1 is 0.771 bits per heavy atom. The Morgan fingerprint density at radius 2 is 1.23 bits per heavy atom. The number of hydrogen-bond donors (Lipinski definition) is 7. The maximum Gasteiger partial charge on any atom is 0.472 e. The van der Waals surface area contributed by atoms with Gasteiger partial charge in [0.25, 0.3) is 0 Å². The van der Waals surface area contributed by atoms with Crippen LogP contribution < -0.4 is 0 Å². The lowest BCUT2D eigenvalue weighted by molar-refractivity contribution is -0.220. The zero-order valence-electron chi connectivity index (χ0n) is 20.4. The molecule has 0 bridgehead atoms. The van der Waals surface area contributed by atoms with E-state index in [-0.39, 0.29) is 6.42 Å². The van der Waals surface area contributed by atoms with Gasteiger partial charge in [0.15, 0.2) is 0 Å². The van der Waals surface area contributed by atoms with Crippen molar-refractivity contribution >= 4 is 13.8 Å². The second-order valence-corrected chi connectivity index (χ2v) is 10.5. The largest absolute Gasteiger partial charge is 0.472 e. The van der Waals surface area contributed by atoms with Crippen molar-refractivity contribution in [3.63, 3.8) is 0 Å². The van der Waals surface area contributed by atoms with E-state index >= 15 is 0 Å². The minimum absolute atomic E-state index is 0.194. The Balaban J connectivity index is 2.20. The summed E-state index contributed by atoms with van der Waals surface area (Å²) in [6.45, 7) is 0.940. The van der Waals surface area contributed by atoms with Crippen LogP contribution in [0.5, 0.6) is 0 Å². The van der Waals surface area contributed by atoms with Crippen molar-refractivity contribution in [2.24, 2.45) is 0 Å². The second kappa shape index (κ2) is 17.0. The van der Waals surface area contributed by atoms with Crippen molar-refractivity contribution in [3.8, 4) is 0 Å². The number of carbonyl (C=O) groups is 1. The fraction of sp³-hybridized carbons (Fsp3) is 0.955. The summed E-state index contributed by atoms with van der Waals surface area (Å²) >= 11 is 0. The minimum atomic E-state index is -4.97. The van der Waals surface area contributed by atoms with E-state index in [9.17, 15) is 44.9 Å². The van der Waals surface area contributed by atoms with Gasteiger partial charge >= 0.3 is 13.8 Å². The zero-order valence-corrected chi connectivity index (χ0v) is 21.2. The molecule has 0 aromatic rings. The van der Waals surface area contributed by atoms with Gasteiger partial charge in [0.2, 0.25) is 0 Å². The number of phosphoric acid groups is 1. The molecule has 1 rings (SSSR count). The molecule has 6 atom stereocenters. The Bertz CT molecular complexity index is 620. The number of esters is 1. The van der Waals surface area contributed by atoms with Crippen LogP contribution in [0.3, 0.4) is 0 Å². The average Bonchev–Trinajstić information content (AvgIpc) is 2.83. The molecule has 0 aromatic heterocycles. The molecular weight excluding hydrogens is 487 g/mol. The molecule has 7 N–H and O–H groups in total. The third-order valence-electron chi connectivity index (χ3n) is 5.93. The number of ether oxygens (including phenoxy) is 1. The monoisotopic (exact) mass is 530 g/mol. The van der Waals surface area contributed by atoms with Crippen LogP contribution in [0.4, 0.5) is 0 Å². The molecule has 208 valence electrons. The molecule has 0 spiro atoms. The van der Waals surface area contributed by atoms with Gasteiger partial charge in [-0.25, -0.2) is 4.57 Å². The summed E-state index contributed by atoms with van der Waals surface area (Å²) in [6.07, 6.45) is -1.73. The number of aliphatic hydroxyl groups excluding tert-OH is 6. The number of carbonyl (C=O) groups excluding carboxylic acids is 1. The SMILES string of the molecule is CCCCCCCCCCCCC(=O)OCC(O)COP(=O)(O)OC1C(O)C(O)C(O)C(O)C1O. The average molecular weight is 531 g/mol. The fourth-order valence-corrected chi connectivity index (χ4v) is 4.73. The topological polar surface area (TPSA) is 203 Å². The molecule has 0 aromatic carbocycles. The van der Waals surface area contributed by atoms with Gasteiger partial charge in [-0.1, -0.05) is 64.7 Å². The molecule has 1 aliphatic carbocycles. The summed E-state index contributed by atoms with van der Waals surface area (Å²) in [5.74, 6) is -0.512. The molecular formula is C22H43O12P. The van der Waals surface area contributed by atoms with Crippen molar-refractivity contribution in [1.82, 2.24) is 0 Å². The molecule has 1 saturated carbocycles. The van der Waals surface area contributed by atoms with E-state index in [1.165, 1.54) is 38.5 Å². The van der Waals surface area contributed by atoms with Crippen molar-refractivity contribution < 1.29 is 58.7 Å². The van der Waals surface area contributed by atoms with Crippen LogP contribution in [0.25, 0.3) is 0 Å². The first kappa shape index (κ1) is 32.4. The van der Waals surface area contributed by atoms with Crippen molar-refractivity contribution in [2.75, 3.05) is 13.2 Å². The smallest absolute Gasteiger partial charge is 0.463 e. The van der Waals surface area contributed by atoms with Gasteiger partial charge < -0.3 is 40.3 Å². The highest BCUT2D eigenvalue weighted by atomic mass is 31.2. The van der Waals surface area contributed by atoms with Crippen LogP contribution >= 0.6 is 7.82 Å². The lowest BCUT2D eigenvalue weighted by Gasteiger charge is -2.41. The first-order valence-corrected chi connectivity index (χ1v) is 13.9. The Labute approximate surface area is 206 Å². The van der Waals surface area contributed by atoms with Crippen molar-refractivity contribution in [2.45, 2.75) is 120 Å². The van der Waals surface area contributed by atoms with E-state index in [1.54, 1.807) is 0 Å². The second-order valence-electron chi connectivity index (χ2n) is 9.06. The molecule has 13 heteroatoms. The molecule has 6 unspecified atom stereocenters. The van der Waals surface area contributed by atoms with E-state index in [2.05, 4.69) is 16.0 Å². The lowest BCUT2D eigenvalue weighted by Crippen LogP contribution is -2.64. The molecule has 1 aliphatic rings. The fourth-order valence-electron chi connectivity index (χ4n) is 3.75. The highest BCUT2D eigenvalue weighted by Crippen LogP contribution is 2.47. The third kappa shape index (κ3) is 12.4. The summed E-state index contributed by atoms with van der Waals surface area (Å²) < 4.78 is 26.2. The molecule has 0 radical (unpaired) electrons. The van der Waals surface area contributed by atoms with Gasteiger partial charge in [-0.3, -0.25) is 13.8 Å². The highest BCUT2D eigenvalue weighted by Gasteiger charge is 2.51. The van der Waals surface area contributed by atoms with Crippen LogP contribution in [0.15, 0.2) is 0 Å². The van der Waals surface area contributed by atoms with Crippen molar-refractivity contribution in [1.29, 1.82) is 0 Å². The van der Waals surface area contributed by atoms with Gasteiger partial charge in [-0.05, 0) is 6.42 Å². The van der Waals surface area contributed by atoms with Gasteiger partial charge in [0.1, 0.15) is 49.3 Å². The Kier molecular flexibility index (Phi) is 15.7. The summed E-state index contributed by atoms with van der Waals surface area (Å²) in [6, 6.07) is 0. The number of unbranched alkanes of at least 4 members (excludes halogenated alkanes) is 9. The predicted octanol–water partition coefficient (Wildman–Crippen LogP) is 0.522. The van der Waals surface area contributed by atoms with Crippen LogP contribution in [0.2, 0.25) is 0 Å². The number of phosphoric ester groups is 1. The zero-order chi connectivity index (χ0) is 26.4. The predicted molar refractivity (Wildman–Crippen MR) is 124 cm³/mol.